The van der Waals surface area contributed by atoms with Gasteiger partial charge in [0.15, 0.2) is 5.96 Å². The Morgan fingerprint density at radius 1 is 1.29 bits per heavy atom. The van der Waals surface area contributed by atoms with Crippen LogP contribution in [0.15, 0.2) is 34.6 Å². The summed E-state index contributed by atoms with van der Waals surface area (Å²) in [6.07, 6.45) is 0.0168. The van der Waals surface area contributed by atoms with Gasteiger partial charge in [0.2, 0.25) is 0 Å². The van der Waals surface area contributed by atoms with Gasteiger partial charge in [-0.15, -0.1) is 35.3 Å². The molecule has 0 amide bonds. The molecule has 2 aromatic rings. The van der Waals surface area contributed by atoms with E-state index in [-0.39, 0.29) is 30.1 Å². The molecule has 1 atom stereocenters. The van der Waals surface area contributed by atoms with E-state index in [1.54, 1.807) is 18.4 Å². The van der Waals surface area contributed by atoms with Gasteiger partial charge >= 0.3 is 0 Å². The lowest BCUT2D eigenvalue weighted by molar-refractivity contribution is 0.119. The summed E-state index contributed by atoms with van der Waals surface area (Å²) in [6, 6.07) is 8.13. The Labute approximate surface area is 207 Å². The number of methoxy groups -OCH3 is 1. The van der Waals surface area contributed by atoms with Crippen molar-refractivity contribution >= 4 is 41.3 Å². The number of nitrogens with zero attached hydrogens (tertiary/aromatic N) is 4. The Balaban J connectivity index is 0.00000480. The van der Waals surface area contributed by atoms with Gasteiger partial charge in [-0.25, -0.2) is 9.98 Å². The van der Waals surface area contributed by atoms with E-state index in [4.69, 9.17) is 14.5 Å². The lowest BCUT2D eigenvalue weighted by Crippen LogP contribution is -2.38. The maximum absolute atomic E-state index is 5.84. The molecule has 1 heterocycles. The van der Waals surface area contributed by atoms with Gasteiger partial charge in [-0.3, -0.25) is 0 Å². The zero-order chi connectivity index (χ0) is 21.9. The van der Waals surface area contributed by atoms with Gasteiger partial charge < -0.3 is 24.6 Å². The first-order valence-corrected chi connectivity index (χ1v) is 11.1. The summed E-state index contributed by atoms with van der Waals surface area (Å²) >= 11 is 1.63. The van der Waals surface area contributed by atoms with Crippen LogP contribution < -0.4 is 10.1 Å². The summed E-state index contributed by atoms with van der Waals surface area (Å²) in [6.45, 7) is 7.72. The molecular formula is C22H36IN5O2S. The van der Waals surface area contributed by atoms with Crippen molar-refractivity contribution in [3.05, 3.63) is 45.9 Å². The first-order valence-electron chi connectivity index (χ1n) is 10.3. The fourth-order valence-electron chi connectivity index (χ4n) is 2.72. The summed E-state index contributed by atoms with van der Waals surface area (Å²) in [5, 5.41) is 6.44. The quantitative estimate of drug-likeness (QED) is 0.254. The predicted octanol–water partition coefficient (Wildman–Crippen LogP) is 4.01. The van der Waals surface area contributed by atoms with Crippen LogP contribution in [-0.2, 0) is 17.8 Å². The molecule has 0 aliphatic heterocycles. The average molecular weight is 562 g/mol. The molecule has 1 N–H and O–H groups in total. The highest BCUT2D eigenvalue weighted by Gasteiger charge is 2.12. The third kappa shape index (κ3) is 9.71. The average Bonchev–Trinajstić information content (AvgIpc) is 3.19. The van der Waals surface area contributed by atoms with E-state index < -0.39 is 0 Å². The number of benzene rings is 1. The molecule has 7 nitrogen and oxygen atoms in total. The van der Waals surface area contributed by atoms with Gasteiger partial charge in [0.25, 0.3) is 0 Å². The van der Waals surface area contributed by atoms with E-state index in [9.17, 15) is 0 Å². The summed E-state index contributed by atoms with van der Waals surface area (Å²) < 4.78 is 11.2. The zero-order valence-corrected chi connectivity index (χ0v) is 22.6. The second-order valence-corrected chi connectivity index (χ2v) is 8.27. The fraction of sp³-hybridized carbons (Fsp3) is 0.545. The Morgan fingerprint density at radius 3 is 2.74 bits per heavy atom. The van der Waals surface area contributed by atoms with Crippen LogP contribution >= 0.6 is 35.3 Å². The van der Waals surface area contributed by atoms with E-state index >= 15 is 0 Å². The Kier molecular flexibility index (Phi) is 13.0. The van der Waals surface area contributed by atoms with Crippen molar-refractivity contribution in [2.75, 3.05) is 47.9 Å². The van der Waals surface area contributed by atoms with Gasteiger partial charge in [0.1, 0.15) is 23.5 Å². The second kappa shape index (κ2) is 14.6. The predicted molar refractivity (Wildman–Crippen MR) is 140 cm³/mol. The number of ether oxygens (including phenoxy) is 2. The largest absolute Gasteiger partial charge is 0.492 e. The SMILES string of the molecule is CCNC(=NCc1cccc(OCCN(C)C)c1)N(C)Cc1csc(C(C)OC)n1.I. The molecule has 0 spiro atoms. The monoisotopic (exact) mass is 561 g/mol. The number of rotatable bonds is 11. The molecule has 31 heavy (non-hydrogen) atoms. The molecule has 0 aliphatic carbocycles. The number of likely N-dealkylation sites (N-methyl/N-ethyl adjacent to an activating group) is 1. The van der Waals surface area contributed by atoms with Crippen molar-refractivity contribution < 1.29 is 9.47 Å². The van der Waals surface area contributed by atoms with E-state index in [0.717, 1.165) is 41.1 Å². The molecule has 0 saturated heterocycles. The van der Waals surface area contributed by atoms with Crippen molar-refractivity contribution in [2.45, 2.75) is 33.0 Å². The van der Waals surface area contributed by atoms with Gasteiger partial charge in [-0.2, -0.15) is 0 Å². The van der Waals surface area contributed by atoms with E-state index in [1.807, 2.05) is 40.2 Å². The van der Waals surface area contributed by atoms with Crippen molar-refractivity contribution in [3.63, 3.8) is 0 Å². The standard InChI is InChI=1S/C22H35N5O2S.HI/c1-7-23-22(27(5)15-19-16-30-21(25-19)17(2)28-6)24-14-18-9-8-10-20(13-18)29-12-11-26(3)4;/h8-10,13,16-17H,7,11-12,14-15H2,1-6H3,(H,23,24);1H. The number of halogens is 1. The maximum Gasteiger partial charge on any atom is 0.194 e. The number of hydrogen-bond acceptors (Lipinski definition) is 6. The number of aromatic nitrogens is 1. The lowest BCUT2D eigenvalue weighted by atomic mass is 10.2. The zero-order valence-electron chi connectivity index (χ0n) is 19.4. The van der Waals surface area contributed by atoms with Crippen molar-refractivity contribution in [2.24, 2.45) is 4.99 Å². The van der Waals surface area contributed by atoms with Crippen LogP contribution in [0.2, 0.25) is 0 Å². The molecule has 1 aromatic heterocycles. The normalized spacial score (nSPS) is 12.4. The molecule has 0 aliphatic rings. The van der Waals surface area contributed by atoms with Gasteiger partial charge in [0.05, 0.1) is 18.8 Å². The van der Waals surface area contributed by atoms with Crippen molar-refractivity contribution in [1.82, 2.24) is 20.1 Å². The highest BCUT2D eigenvalue weighted by atomic mass is 127. The molecule has 1 aromatic carbocycles. The molecule has 9 heteroatoms. The molecule has 2 rings (SSSR count). The molecule has 0 radical (unpaired) electrons. The smallest absolute Gasteiger partial charge is 0.194 e. The summed E-state index contributed by atoms with van der Waals surface area (Å²) in [5.41, 5.74) is 2.13. The topological polar surface area (TPSA) is 62.2 Å². The van der Waals surface area contributed by atoms with Crippen LogP contribution in [0, 0.1) is 0 Å². The minimum Gasteiger partial charge on any atom is -0.492 e. The first-order chi connectivity index (χ1) is 14.4. The van der Waals surface area contributed by atoms with Crippen LogP contribution in [-0.4, -0.2) is 68.7 Å². The number of nitrogens with one attached hydrogen (secondary N) is 1. The van der Waals surface area contributed by atoms with Crippen LogP contribution in [0.25, 0.3) is 0 Å². The third-order valence-electron chi connectivity index (χ3n) is 4.48. The molecule has 174 valence electrons. The number of thiazole rings is 1. The van der Waals surface area contributed by atoms with Crippen LogP contribution in [0.5, 0.6) is 5.75 Å². The van der Waals surface area contributed by atoms with E-state index in [0.29, 0.717) is 19.7 Å². The van der Waals surface area contributed by atoms with Crippen molar-refractivity contribution in [3.8, 4) is 5.75 Å². The van der Waals surface area contributed by atoms with Gasteiger partial charge in [-0.1, -0.05) is 12.1 Å². The van der Waals surface area contributed by atoms with Crippen LogP contribution in [0.1, 0.15) is 36.2 Å². The molecular weight excluding hydrogens is 525 g/mol. The van der Waals surface area contributed by atoms with Crippen molar-refractivity contribution in [1.29, 1.82) is 0 Å². The number of guanidine groups is 1. The third-order valence-corrected chi connectivity index (χ3v) is 5.54. The maximum atomic E-state index is 5.84. The van der Waals surface area contributed by atoms with Gasteiger partial charge in [-0.05, 0) is 45.6 Å². The molecule has 0 fully saturated rings. The molecule has 0 bridgehead atoms. The van der Waals surface area contributed by atoms with E-state index in [2.05, 4.69) is 44.5 Å². The summed E-state index contributed by atoms with van der Waals surface area (Å²) in [4.78, 5) is 13.7. The van der Waals surface area contributed by atoms with Crippen LogP contribution in [0.4, 0.5) is 0 Å². The Morgan fingerprint density at radius 2 is 2.06 bits per heavy atom. The lowest BCUT2D eigenvalue weighted by Gasteiger charge is -2.21. The molecule has 1 unspecified atom stereocenters. The number of aliphatic imine (C=N–C) groups is 1. The van der Waals surface area contributed by atoms with Crippen LogP contribution in [0.3, 0.4) is 0 Å². The summed E-state index contributed by atoms with van der Waals surface area (Å²) in [5.74, 6) is 1.73. The van der Waals surface area contributed by atoms with Gasteiger partial charge in [0, 0.05) is 32.6 Å². The highest BCUT2D eigenvalue weighted by Crippen LogP contribution is 2.21. The minimum absolute atomic E-state index is 0. The fourth-order valence-corrected chi connectivity index (χ4v) is 3.56. The Hall–Kier alpha value is -1.43. The minimum atomic E-state index is 0. The molecule has 0 saturated carbocycles. The summed E-state index contributed by atoms with van der Waals surface area (Å²) in [7, 11) is 7.81. The second-order valence-electron chi connectivity index (χ2n) is 7.38. The Bertz CT molecular complexity index is 800. The number of hydrogen-bond donors (Lipinski definition) is 1. The highest BCUT2D eigenvalue weighted by molar-refractivity contribution is 14.0. The first kappa shape index (κ1) is 27.6. The van der Waals surface area contributed by atoms with E-state index in [1.165, 1.54) is 0 Å².